The summed E-state index contributed by atoms with van der Waals surface area (Å²) in [6.07, 6.45) is 0. The van der Waals surface area contributed by atoms with E-state index in [1.807, 2.05) is 45.9 Å². The largest absolute Gasteiger partial charge is 0.480 e. The lowest BCUT2D eigenvalue weighted by Gasteiger charge is -2.21. The molecule has 0 aromatic heterocycles. The second kappa shape index (κ2) is 5.12. The maximum atomic E-state index is 11.3. The van der Waals surface area contributed by atoms with Crippen LogP contribution in [0.5, 0.6) is 0 Å². The molecule has 0 aliphatic carbocycles. The number of carboxylic acids is 1. The molecule has 1 rings (SSSR count). The minimum absolute atomic E-state index is 0.139. The fraction of sp³-hybridized carbons (Fsp3) is 0.462. The first-order valence-electron chi connectivity index (χ1n) is 5.48. The van der Waals surface area contributed by atoms with Gasteiger partial charge in [0.05, 0.1) is 0 Å². The normalized spacial score (nSPS) is 12.8. The van der Waals surface area contributed by atoms with Gasteiger partial charge in [-0.25, -0.2) is 0 Å². The van der Waals surface area contributed by atoms with E-state index in [1.54, 1.807) is 0 Å². The zero-order valence-electron chi connectivity index (χ0n) is 10.2. The van der Waals surface area contributed by atoms with Crippen molar-refractivity contribution < 1.29 is 9.90 Å². The van der Waals surface area contributed by atoms with Gasteiger partial charge in [-0.15, -0.1) is 0 Å². The number of nitrogens with one attached hydrogen (secondary N) is 1. The van der Waals surface area contributed by atoms with E-state index in [0.717, 1.165) is 16.7 Å². The molecule has 16 heavy (non-hydrogen) atoms. The van der Waals surface area contributed by atoms with Crippen molar-refractivity contribution in [2.24, 2.45) is 0 Å². The van der Waals surface area contributed by atoms with Crippen molar-refractivity contribution in [2.45, 2.75) is 39.8 Å². The predicted octanol–water partition coefficient (Wildman–Crippen LogP) is 2.43. The highest BCUT2D eigenvalue weighted by molar-refractivity contribution is 5.76. The molecule has 0 saturated heterocycles. The minimum atomic E-state index is -0.828. The average molecular weight is 221 g/mol. The molecule has 0 heterocycles. The summed E-state index contributed by atoms with van der Waals surface area (Å²) in [5.74, 6) is -0.828. The molecular formula is C13H19NO2. The number of benzene rings is 1. The Morgan fingerprint density at radius 2 is 1.75 bits per heavy atom. The summed E-state index contributed by atoms with van der Waals surface area (Å²) < 4.78 is 0. The smallest absolute Gasteiger partial charge is 0.325 e. The second-order valence-electron chi connectivity index (χ2n) is 4.40. The lowest BCUT2D eigenvalue weighted by molar-refractivity contribution is -0.139. The Labute approximate surface area is 96.5 Å². The van der Waals surface area contributed by atoms with Gasteiger partial charge in [0.1, 0.15) is 6.04 Å². The van der Waals surface area contributed by atoms with Gasteiger partial charge in [-0.2, -0.15) is 0 Å². The van der Waals surface area contributed by atoms with Gasteiger partial charge >= 0.3 is 5.97 Å². The number of hydrogen-bond donors (Lipinski definition) is 2. The Hall–Kier alpha value is -1.35. The van der Waals surface area contributed by atoms with Crippen LogP contribution >= 0.6 is 0 Å². The number of carboxylic acid groups (broad SMARTS) is 1. The standard InChI is InChI=1S/C13H19NO2/c1-8(2)14-12(13(15)16)11-9(3)6-5-7-10(11)4/h5-8,12,14H,1-4H3,(H,15,16). The van der Waals surface area contributed by atoms with Crippen LogP contribution in [0.2, 0.25) is 0 Å². The van der Waals surface area contributed by atoms with Gasteiger partial charge in [0.2, 0.25) is 0 Å². The van der Waals surface area contributed by atoms with Crippen molar-refractivity contribution in [2.75, 3.05) is 0 Å². The van der Waals surface area contributed by atoms with Crippen molar-refractivity contribution in [1.29, 1.82) is 0 Å². The van der Waals surface area contributed by atoms with Gasteiger partial charge in [-0.1, -0.05) is 18.2 Å². The molecule has 0 saturated carbocycles. The Balaban J connectivity index is 3.15. The van der Waals surface area contributed by atoms with E-state index in [9.17, 15) is 9.90 Å². The maximum absolute atomic E-state index is 11.3. The highest BCUT2D eigenvalue weighted by Crippen LogP contribution is 2.22. The Morgan fingerprint density at radius 3 is 2.12 bits per heavy atom. The highest BCUT2D eigenvalue weighted by atomic mass is 16.4. The monoisotopic (exact) mass is 221 g/mol. The molecule has 0 fully saturated rings. The summed E-state index contributed by atoms with van der Waals surface area (Å²) in [4.78, 5) is 11.3. The van der Waals surface area contributed by atoms with E-state index >= 15 is 0 Å². The molecule has 1 atom stereocenters. The zero-order chi connectivity index (χ0) is 12.3. The first-order chi connectivity index (χ1) is 7.43. The minimum Gasteiger partial charge on any atom is -0.480 e. The summed E-state index contributed by atoms with van der Waals surface area (Å²) in [5.41, 5.74) is 2.91. The summed E-state index contributed by atoms with van der Waals surface area (Å²) in [7, 11) is 0. The number of carbonyl (C=O) groups is 1. The van der Waals surface area contributed by atoms with Crippen molar-refractivity contribution in [3.8, 4) is 0 Å². The molecule has 0 aliphatic heterocycles. The van der Waals surface area contributed by atoms with Crippen molar-refractivity contribution in [3.05, 3.63) is 34.9 Å². The van der Waals surface area contributed by atoms with Gasteiger partial charge in [-0.3, -0.25) is 10.1 Å². The van der Waals surface area contributed by atoms with Crippen LogP contribution in [0, 0.1) is 13.8 Å². The van der Waals surface area contributed by atoms with E-state index in [4.69, 9.17) is 0 Å². The van der Waals surface area contributed by atoms with Gasteiger partial charge in [0, 0.05) is 6.04 Å². The van der Waals surface area contributed by atoms with E-state index in [1.165, 1.54) is 0 Å². The predicted molar refractivity (Wildman–Crippen MR) is 64.6 cm³/mol. The van der Waals surface area contributed by atoms with Gasteiger partial charge in [0.15, 0.2) is 0 Å². The second-order valence-corrected chi connectivity index (χ2v) is 4.40. The van der Waals surface area contributed by atoms with Crippen LogP contribution in [-0.2, 0) is 4.79 Å². The number of rotatable bonds is 4. The van der Waals surface area contributed by atoms with Crippen molar-refractivity contribution >= 4 is 5.97 Å². The summed E-state index contributed by atoms with van der Waals surface area (Å²) in [6, 6.07) is 5.35. The van der Waals surface area contributed by atoms with E-state index < -0.39 is 12.0 Å². The van der Waals surface area contributed by atoms with E-state index in [-0.39, 0.29) is 6.04 Å². The van der Waals surface area contributed by atoms with Crippen LogP contribution in [0.3, 0.4) is 0 Å². The fourth-order valence-corrected chi connectivity index (χ4v) is 1.89. The fourth-order valence-electron chi connectivity index (χ4n) is 1.89. The maximum Gasteiger partial charge on any atom is 0.325 e. The first-order valence-corrected chi connectivity index (χ1v) is 5.48. The Bertz CT molecular complexity index is 365. The van der Waals surface area contributed by atoms with Crippen molar-refractivity contribution in [3.63, 3.8) is 0 Å². The summed E-state index contributed by atoms with van der Waals surface area (Å²) in [6.45, 7) is 7.79. The summed E-state index contributed by atoms with van der Waals surface area (Å²) >= 11 is 0. The number of hydrogen-bond acceptors (Lipinski definition) is 2. The molecule has 3 nitrogen and oxygen atoms in total. The lowest BCUT2D eigenvalue weighted by Crippen LogP contribution is -2.34. The van der Waals surface area contributed by atoms with Crippen LogP contribution in [0.1, 0.15) is 36.6 Å². The van der Waals surface area contributed by atoms with E-state index in [0.29, 0.717) is 0 Å². The first kappa shape index (κ1) is 12.7. The Kier molecular flexibility index (Phi) is 4.07. The van der Waals surface area contributed by atoms with Crippen molar-refractivity contribution in [1.82, 2.24) is 5.32 Å². The molecule has 1 unspecified atom stereocenters. The highest BCUT2D eigenvalue weighted by Gasteiger charge is 2.23. The topological polar surface area (TPSA) is 49.3 Å². The van der Waals surface area contributed by atoms with Gasteiger partial charge in [0.25, 0.3) is 0 Å². The van der Waals surface area contributed by atoms with Crippen LogP contribution < -0.4 is 5.32 Å². The molecule has 1 aromatic carbocycles. The third-order valence-corrected chi connectivity index (χ3v) is 2.58. The quantitative estimate of drug-likeness (QED) is 0.821. The number of aliphatic carboxylic acids is 1. The molecule has 0 spiro atoms. The zero-order valence-corrected chi connectivity index (χ0v) is 10.2. The lowest BCUT2D eigenvalue weighted by atomic mass is 9.95. The van der Waals surface area contributed by atoms with Gasteiger partial charge < -0.3 is 5.11 Å². The molecular weight excluding hydrogens is 202 g/mol. The van der Waals surface area contributed by atoms with Gasteiger partial charge in [-0.05, 0) is 44.4 Å². The molecule has 1 aromatic rings. The van der Waals surface area contributed by atoms with Crippen LogP contribution in [-0.4, -0.2) is 17.1 Å². The molecule has 0 radical (unpaired) electrons. The number of aryl methyl sites for hydroxylation is 2. The third-order valence-electron chi connectivity index (χ3n) is 2.58. The molecule has 88 valence electrons. The molecule has 0 aliphatic rings. The van der Waals surface area contributed by atoms with Crippen LogP contribution in [0.15, 0.2) is 18.2 Å². The van der Waals surface area contributed by atoms with E-state index in [2.05, 4.69) is 5.32 Å². The van der Waals surface area contributed by atoms with Crippen LogP contribution in [0.25, 0.3) is 0 Å². The molecule has 3 heteroatoms. The van der Waals surface area contributed by atoms with Crippen LogP contribution in [0.4, 0.5) is 0 Å². The Morgan fingerprint density at radius 1 is 1.25 bits per heavy atom. The summed E-state index contributed by atoms with van der Waals surface area (Å²) in [5, 5.41) is 12.3. The third kappa shape index (κ3) is 2.83. The average Bonchev–Trinajstić information content (AvgIpc) is 2.15. The SMILES string of the molecule is Cc1cccc(C)c1C(NC(C)C)C(=O)O. The molecule has 0 bridgehead atoms. The molecule has 0 amide bonds. The molecule has 2 N–H and O–H groups in total.